The van der Waals surface area contributed by atoms with Crippen LogP contribution in [-0.2, 0) is 7.05 Å². The molecule has 0 aliphatic heterocycles. The number of ketones is 1. The smallest absolute Gasteiger partial charge is 0.203 e. The van der Waals surface area contributed by atoms with E-state index >= 15 is 0 Å². The fraction of sp³-hybridized carbons (Fsp3) is 0.143. The Balaban J connectivity index is 2.22. The molecule has 0 saturated heterocycles. The number of allylic oxidation sites excluding steroid dienone is 1. The van der Waals surface area contributed by atoms with E-state index in [1.807, 2.05) is 6.92 Å². The van der Waals surface area contributed by atoms with Crippen molar-refractivity contribution in [3.05, 3.63) is 59.2 Å². The minimum absolute atomic E-state index is 0.193. The quantitative estimate of drug-likeness (QED) is 0.614. The summed E-state index contributed by atoms with van der Waals surface area (Å²) in [6, 6.07) is 8.01. The number of carbonyl (C=O) groups is 1. The summed E-state index contributed by atoms with van der Waals surface area (Å²) in [5, 5.41) is 4.09. The van der Waals surface area contributed by atoms with E-state index in [1.165, 1.54) is 22.9 Å². The van der Waals surface area contributed by atoms with Crippen LogP contribution in [0.15, 0.2) is 36.4 Å². The number of carbonyl (C=O) groups excluding carboxylic acids is 1. The summed E-state index contributed by atoms with van der Waals surface area (Å²) in [5.74, 6) is -0.538. The maximum atomic E-state index is 13.3. The second kappa shape index (κ2) is 4.96. The van der Waals surface area contributed by atoms with Crippen molar-refractivity contribution in [1.29, 1.82) is 0 Å². The van der Waals surface area contributed by atoms with Crippen LogP contribution in [-0.4, -0.2) is 15.6 Å². The molecule has 2 rings (SSSR count). The van der Waals surface area contributed by atoms with Crippen LogP contribution in [0.5, 0.6) is 0 Å². The molecule has 2 aromatic rings. The Morgan fingerprint density at radius 1 is 1.39 bits per heavy atom. The number of hydrogen-bond donors (Lipinski definition) is 0. The molecule has 0 unspecified atom stereocenters. The summed E-state index contributed by atoms with van der Waals surface area (Å²) in [6.45, 7) is 1.82. The third-order valence-corrected chi connectivity index (χ3v) is 2.57. The summed E-state index contributed by atoms with van der Waals surface area (Å²) < 4.78 is 14.9. The van der Waals surface area contributed by atoms with Gasteiger partial charge in [-0.2, -0.15) is 5.10 Å². The minimum atomic E-state index is -0.345. The Hall–Kier alpha value is -2.23. The largest absolute Gasteiger partial charge is 0.288 e. The lowest BCUT2D eigenvalue weighted by Crippen LogP contribution is -2.03. The third kappa shape index (κ3) is 2.53. The number of benzene rings is 1. The van der Waals surface area contributed by atoms with Gasteiger partial charge in [-0.05, 0) is 31.2 Å². The summed E-state index contributed by atoms with van der Waals surface area (Å²) in [4.78, 5) is 11.9. The molecule has 0 N–H and O–H groups in total. The van der Waals surface area contributed by atoms with Crippen LogP contribution < -0.4 is 0 Å². The van der Waals surface area contributed by atoms with E-state index in [2.05, 4.69) is 5.10 Å². The van der Waals surface area contributed by atoms with Crippen LogP contribution in [0.2, 0.25) is 0 Å². The van der Waals surface area contributed by atoms with E-state index < -0.39 is 0 Å². The van der Waals surface area contributed by atoms with Crippen molar-refractivity contribution in [3.8, 4) is 0 Å². The highest BCUT2D eigenvalue weighted by Gasteiger charge is 2.08. The van der Waals surface area contributed by atoms with Crippen molar-refractivity contribution in [2.45, 2.75) is 6.92 Å². The van der Waals surface area contributed by atoms with Crippen LogP contribution in [0.4, 0.5) is 4.39 Å². The van der Waals surface area contributed by atoms with Crippen LogP contribution in [0, 0.1) is 12.7 Å². The minimum Gasteiger partial charge on any atom is -0.288 e. The standard InChI is InChI=1S/C14H13FN2O/c1-10-9-13(17(2)16-10)14(18)8-7-11-5-3-4-6-12(11)15/h3-9H,1-2H3/b8-7+. The maximum absolute atomic E-state index is 13.3. The van der Waals surface area contributed by atoms with E-state index in [9.17, 15) is 9.18 Å². The van der Waals surface area contributed by atoms with Crippen molar-refractivity contribution in [3.63, 3.8) is 0 Å². The molecule has 0 saturated carbocycles. The highest BCUT2D eigenvalue weighted by molar-refractivity contribution is 6.05. The van der Waals surface area contributed by atoms with Crippen molar-refractivity contribution in [2.24, 2.45) is 7.05 Å². The SMILES string of the molecule is Cc1cc(C(=O)/C=C/c2ccccc2F)n(C)n1. The first kappa shape index (κ1) is 12.2. The van der Waals surface area contributed by atoms with Crippen LogP contribution in [0.3, 0.4) is 0 Å². The molecule has 0 bridgehead atoms. The lowest BCUT2D eigenvalue weighted by Gasteiger charge is -1.97. The Morgan fingerprint density at radius 2 is 2.11 bits per heavy atom. The molecular weight excluding hydrogens is 231 g/mol. The molecule has 0 atom stereocenters. The van der Waals surface area contributed by atoms with Gasteiger partial charge in [0.05, 0.1) is 5.69 Å². The van der Waals surface area contributed by atoms with E-state index in [4.69, 9.17) is 0 Å². The summed E-state index contributed by atoms with van der Waals surface area (Å²) in [6.07, 6.45) is 2.83. The molecule has 0 aliphatic carbocycles. The summed E-state index contributed by atoms with van der Waals surface area (Å²) in [5.41, 5.74) is 1.66. The first-order valence-electron chi connectivity index (χ1n) is 5.55. The highest BCUT2D eigenvalue weighted by Crippen LogP contribution is 2.10. The van der Waals surface area contributed by atoms with Gasteiger partial charge >= 0.3 is 0 Å². The number of aromatic nitrogens is 2. The summed E-state index contributed by atoms with van der Waals surface area (Å²) in [7, 11) is 1.71. The normalized spacial score (nSPS) is 11.1. The molecule has 0 radical (unpaired) electrons. The Bertz CT molecular complexity index is 614. The van der Waals surface area contributed by atoms with Gasteiger partial charge in [-0.3, -0.25) is 9.48 Å². The lowest BCUT2D eigenvalue weighted by atomic mass is 10.1. The molecule has 0 amide bonds. The maximum Gasteiger partial charge on any atom is 0.203 e. The van der Waals surface area contributed by atoms with Crippen LogP contribution in [0.25, 0.3) is 6.08 Å². The van der Waals surface area contributed by atoms with Crippen molar-refractivity contribution < 1.29 is 9.18 Å². The first-order chi connectivity index (χ1) is 8.58. The lowest BCUT2D eigenvalue weighted by molar-refractivity contribution is 0.103. The fourth-order valence-electron chi connectivity index (χ4n) is 1.70. The van der Waals surface area contributed by atoms with Crippen LogP contribution in [0.1, 0.15) is 21.7 Å². The fourth-order valence-corrected chi connectivity index (χ4v) is 1.70. The molecule has 4 heteroatoms. The zero-order valence-corrected chi connectivity index (χ0v) is 10.2. The number of rotatable bonds is 3. The molecule has 0 spiro atoms. The molecule has 92 valence electrons. The van der Waals surface area contributed by atoms with Crippen molar-refractivity contribution in [2.75, 3.05) is 0 Å². The number of aryl methyl sites for hydroxylation is 2. The van der Waals surface area contributed by atoms with Gasteiger partial charge in [0.25, 0.3) is 0 Å². The number of hydrogen-bond acceptors (Lipinski definition) is 2. The van der Waals surface area contributed by atoms with Gasteiger partial charge in [0.2, 0.25) is 5.78 Å². The summed E-state index contributed by atoms with van der Waals surface area (Å²) >= 11 is 0. The van der Waals surface area contributed by atoms with Crippen molar-refractivity contribution in [1.82, 2.24) is 9.78 Å². The molecule has 0 fully saturated rings. The Kier molecular flexibility index (Phi) is 3.37. The predicted molar refractivity (Wildman–Crippen MR) is 67.7 cm³/mol. The second-order valence-electron chi connectivity index (χ2n) is 4.01. The first-order valence-corrected chi connectivity index (χ1v) is 5.55. The van der Waals surface area contributed by atoms with Gasteiger partial charge in [0, 0.05) is 12.6 Å². The van der Waals surface area contributed by atoms with Gasteiger partial charge < -0.3 is 0 Å². The van der Waals surface area contributed by atoms with Crippen molar-refractivity contribution >= 4 is 11.9 Å². The molecule has 3 nitrogen and oxygen atoms in total. The third-order valence-electron chi connectivity index (χ3n) is 2.57. The average Bonchev–Trinajstić information content (AvgIpc) is 2.67. The Labute approximate surface area is 105 Å². The molecular formula is C14H13FN2O. The monoisotopic (exact) mass is 244 g/mol. The van der Waals surface area contributed by atoms with Gasteiger partial charge in [0.1, 0.15) is 11.5 Å². The van der Waals surface area contributed by atoms with E-state index in [-0.39, 0.29) is 11.6 Å². The number of nitrogens with zero attached hydrogens (tertiary/aromatic N) is 2. The van der Waals surface area contributed by atoms with Gasteiger partial charge in [-0.15, -0.1) is 0 Å². The topological polar surface area (TPSA) is 34.9 Å². The highest BCUT2D eigenvalue weighted by atomic mass is 19.1. The van der Waals surface area contributed by atoms with Gasteiger partial charge in [-0.25, -0.2) is 4.39 Å². The van der Waals surface area contributed by atoms with Crippen LogP contribution >= 0.6 is 0 Å². The van der Waals surface area contributed by atoms with E-state index in [0.29, 0.717) is 11.3 Å². The molecule has 1 aromatic heterocycles. The van der Waals surface area contributed by atoms with Gasteiger partial charge in [-0.1, -0.05) is 18.2 Å². The molecule has 1 aromatic carbocycles. The number of halogens is 1. The predicted octanol–water partition coefficient (Wildman–Crippen LogP) is 2.76. The molecule has 1 heterocycles. The molecule has 0 aliphatic rings. The van der Waals surface area contributed by atoms with Gasteiger partial charge in [0.15, 0.2) is 0 Å². The zero-order valence-electron chi connectivity index (χ0n) is 10.2. The van der Waals surface area contributed by atoms with E-state index in [0.717, 1.165) is 5.69 Å². The second-order valence-corrected chi connectivity index (χ2v) is 4.01. The Morgan fingerprint density at radius 3 is 2.72 bits per heavy atom. The molecule has 18 heavy (non-hydrogen) atoms. The average molecular weight is 244 g/mol. The zero-order chi connectivity index (χ0) is 13.1. The van der Waals surface area contributed by atoms with E-state index in [1.54, 1.807) is 31.3 Å².